The van der Waals surface area contributed by atoms with Crippen molar-refractivity contribution in [2.24, 2.45) is 0 Å². The van der Waals surface area contributed by atoms with Crippen LogP contribution in [0.3, 0.4) is 0 Å². The SMILES string of the molecule is CCCOc1cccnc1Oc1ccc(F)cc1C(=O)O. The van der Waals surface area contributed by atoms with Gasteiger partial charge in [0.25, 0.3) is 5.88 Å². The van der Waals surface area contributed by atoms with Crippen LogP contribution in [0, 0.1) is 5.82 Å². The van der Waals surface area contributed by atoms with Crippen LogP contribution in [-0.4, -0.2) is 22.7 Å². The van der Waals surface area contributed by atoms with E-state index >= 15 is 0 Å². The summed E-state index contributed by atoms with van der Waals surface area (Å²) in [6, 6.07) is 6.62. The Morgan fingerprint density at radius 3 is 2.86 bits per heavy atom. The number of ether oxygens (including phenoxy) is 2. The van der Waals surface area contributed by atoms with Crippen molar-refractivity contribution in [3.8, 4) is 17.4 Å². The van der Waals surface area contributed by atoms with Gasteiger partial charge in [-0.3, -0.25) is 0 Å². The molecular formula is C15H14FNO4. The number of carbonyl (C=O) groups is 1. The molecule has 1 aromatic heterocycles. The van der Waals surface area contributed by atoms with Crippen LogP contribution in [0.2, 0.25) is 0 Å². The predicted octanol–water partition coefficient (Wildman–Crippen LogP) is 3.50. The van der Waals surface area contributed by atoms with Crippen LogP contribution in [0.4, 0.5) is 4.39 Å². The van der Waals surface area contributed by atoms with Crippen molar-refractivity contribution in [1.82, 2.24) is 4.98 Å². The Labute approximate surface area is 121 Å². The first kappa shape index (κ1) is 14.8. The molecule has 0 aliphatic rings. The van der Waals surface area contributed by atoms with Gasteiger partial charge in [0, 0.05) is 6.20 Å². The number of aromatic carboxylic acids is 1. The van der Waals surface area contributed by atoms with E-state index in [-0.39, 0.29) is 17.2 Å². The Bertz CT molecular complexity index is 645. The second kappa shape index (κ2) is 6.69. The number of benzene rings is 1. The van der Waals surface area contributed by atoms with E-state index in [2.05, 4.69) is 4.98 Å². The van der Waals surface area contributed by atoms with E-state index in [9.17, 15) is 9.18 Å². The zero-order valence-electron chi connectivity index (χ0n) is 11.4. The summed E-state index contributed by atoms with van der Waals surface area (Å²) in [6.45, 7) is 2.44. The van der Waals surface area contributed by atoms with Crippen molar-refractivity contribution < 1.29 is 23.8 Å². The minimum atomic E-state index is -1.28. The van der Waals surface area contributed by atoms with Crippen LogP contribution in [0.15, 0.2) is 36.5 Å². The van der Waals surface area contributed by atoms with E-state index in [0.29, 0.717) is 12.4 Å². The number of rotatable bonds is 6. The second-order valence-electron chi connectivity index (χ2n) is 4.20. The van der Waals surface area contributed by atoms with Gasteiger partial charge in [-0.15, -0.1) is 0 Å². The normalized spacial score (nSPS) is 10.2. The first-order valence-electron chi connectivity index (χ1n) is 6.40. The van der Waals surface area contributed by atoms with Crippen molar-refractivity contribution in [3.63, 3.8) is 0 Å². The Morgan fingerprint density at radius 2 is 2.14 bits per heavy atom. The Balaban J connectivity index is 2.32. The maximum absolute atomic E-state index is 13.1. The van der Waals surface area contributed by atoms with Crippen LogP contribution in [0.1, 0.15) is 23.7 Å². The van der Waals surface area contributed by atoms with E-state index in [1.54, 1.807) is 12.1 Å². The standard InChI is InChI=1S/C15H14FNO4/c1-2-8-20-13-4-3-7-17-14(13)21-12-6-5-10(16)9-11(12)15(18)19/h3-7,9H,2,8H2,1H3,(H,18,19). The molecule has 0 spiro atoms. The van der Waals surface area contributed by atoms with E-state index in [4.69, 9.17) is 14.6 Å². The highest BCUT2D eigenvalue weighted by Gasteiger charge is 2.16. The Kier molecular flexibility index (Phi) is 4.71. The summed E-state index contributed by atoms with van der Waals surface area (Å²) in [6.07, 6.45) is 2.31. The average molecular weight is 291 g/mol. The summed E-state index contributed by atoms with van der Waals surface area (Å²) in [4.78, 5) is 15.1. The van der Waals surface area contributed by atoms with Crippen molar-refractivity contribution in [2.45, 2.75) is 13.3 Å². The molecule has 6 heteroatoms. The maximum atomic E-state index is 13.1. The van der Waals surface area contributed by atoms with Gasteiger partial charge in [-0.25, -0.2) is 14.2 Å². The van der Waals surface area contributed by atoms with Crippen LogP contribution in [0.25, 0.3) is 0 Å². The summed E-state index contributed by atoms with van der Waals surface area (Å²) >= 11 is 0. The van der Waals surface area contributed by atoms with Gasteiger partial charge < -0.3 is 14.6 Å². The summed E-state index contributed by atoms with van der Waals surface area (Å²) < 4.78 is 24.1. The molecule has 0 unspecified atom stereocenters. The third-order valence-corrected chi connectivity index (χ3v) is 2.58. The van der Waals surface area contributed by atoms with Gasteiger partial charge in [-0.1, -0.05) is 6.92 Å². The van der Waals surface area contributed by atoms with Crippen molar-refractivity contribution in [2.75, 3.05) is 6.61 Å². The maximum Gasteiger partial charge on any atom is 0.339 e. The molecule has 0 radical (unpaired) electrons. The molecule has 2 rings (SSSR count). The molecular weight excluding hydrogens is 277 g/mol. The van der Waals surface area contributed by atoms with Crippen LogP contribution < -0.4 is 9.47 Å². The Hall–Kier alpha value is -2.63. The zero-order chi connectivity index (χ0) is 15.2. The van der Waals surface area contributed by atoms with E-state index in [1.807, 2.05) is 6.92 Å². The monoisotopic (exact) mass is 291 g/mol. The van der Waals surface area contributed by atoms with Crippen molar-refractivity contribution in [3.05, 3.63) is 47.9 Å². The molecule has 5 nitrogen and oxygen atoms in total. The van der Waals surface area contributed by atoms with Crippen LogP contribution in [0.5, 0.6) is 17.4 Å². The molecule has 1 heterocycles. The molecule has 0 saturated heterocycles. The van der Waals surface area contributed by atoms with Gasteiger partial charge >= 0.3 is 5.97 Å². The topological polar surface area (TPSA) is 68.7 Å². The molecule has 1 N–H and O–H groups in total. The molecule has 0 bridgehead atoms. The number of hydrogen-bond acceptors (Lipinski definition) is 4. The summed E-state index contributed by atoms with van der Waals surface area (Å²) in [5, 5.41) is 9.08. The lowest BCUT2D eigenvalue weighted by Gasteiger charge is -2.12. The fourth-order valence-corrected chi connectivity index (χ4v) is 1.64. The fraction of sp³-hybridized carbons (Fsp3) is 0.200. The highest BCUT2D eigenvalue weighted by molar-refractivity contribution is 5.91. The summed E-state index contributed by atoms with van der Waals surface area (Å²) in [7, 11) is 0. The third-order valence-electron chi connectivity index (χ3n) is 2.58. The average Bonchev–Trinajstić information content (AvgIpc) is 2.48. The summed E-state index contributed by atoms with van der Waals surface area (Å²) in [5.74, 6) is -1.39. The molecule has 0 saturated carbocycles. The molecule has 0 aliphatic heterocycles. The van der Waals surface area contributed by atoms with Gasteiger partial charge in [0.05, 0.1) is 6.61 Å². The molecule has 0 amide bonds. The number of pyridine rings is 1. The van der Waals surface area contributed by atoms with Gasteiger partial charge in [-0.2, -0.15) is 0 Å². The van der Waals surface area contributed by atoms with E-state index in [1.165, 1.54) is 12.3 Å². The molecule has 21 heavy (non-hydrogen) atoms. The van der Waals surface area contributed by atoms with Gasteiger partial charge in [-0.05, 0) is 36.8 Å². The van der Waals surface area contributed by atoms with Crippen molar-refractivity contribution in [1.29, 1.82) is 0 Å². The number of nitrogens with zero attached hydrogens (tertiary/aromatic N) is 1. The first-order chi connectivity index (χ1) is 10.1. The molecule has 1 aromatic carbocycles. The minimum Gasteiger partial charge on any atom is -0.488 e. The lowest BCUT2D eigenvalue weighted by Crippen LogP contribution is -2.03. The number of halogens is 1. The Morgan fingerprint density at radius 1 is 1.33 bits per heavy atom. The largest absolute Gasteiger partial charge is 0.488 e. The number of aromatic nitrogens is 1. The number of hydrogen-bond donors (Lipinski definition) is 1. The van der Waals surface area contributed by atoms with Crippen molar-refractivity contribution >= 4 is 5.97 Å². The molecule has 0 atom stereocenters. The van der Waals surface area contributed by atoms with E-state index in [0.717, 1.165) is 18.6 Å². The van der Waals surface area contributed by atoms with E-state index < -0.39 is 11.8 Å². The number of carboxylic acids is 1. The predicted molar refractivity (Wildman–Crippen MR) is 73.5 cm³/mol. The minimum absolute atomic E-state index is 0.00366. The second-order valence-corrected chi connectivity index (χ2v) is 4.20. The molecule has 0 fully saturated rings. The smallest absolute Gasteiger partial charge is 0.339 e. The molecule has 2 aromatic rings. The van der Waals surface area contributed by atoms with Gasteiger partial charge in [0.15, 0.2) is 5.75 Å². The van der Waals surface area contributed by atoms with Gasteiger partial charge in [0.2, 0.25) is 0 Å². The van der Waals surface area contributed by atoms with Crippen LogP contribution in [-0.2, 0) is 0 Å². The lowest BCUT2D eigenvalue weighted by molar-refractivity contribution is 0.0693. The third kappa shape index (κ3) is 3.68. The molecule has 110 valence electrons. The van der Waals surface area contributed by atoms with Gasteiger partial charge in [0.1, 0.15) is 17.1 Å². The fourth-order valence-electron chi connectivity index (χ4n) is 1.64. The quantitative estimate of drug-likeness (QED) is 0.882. The summed E-state index contributed by atoms with van der Waals surface area (Å²) in [5.41, 5.74) is -0.276. The highest BCUT2D eigenvalue weighted by atomic mass is 19.1. The zero-order valence-corrected chi connectivity index (χ0v) is 11.4. The molecule has 0 aliphatic carbocycles. The highest BCUT2D eigenvalue weighted by Crippen LogP contribution is 2.31. The van der Waals surface area contributed by atoms with Crippen LogP contribution >= 0.6 is 0 Å². The number of carboxylic acid groups (broad SMARTS) is 1. The first-order valence-corrected chi connectivity index (χ1v) is 6.40. The lowest BCUT2D eigenvalue weighted by atomic mass is 10.2.